The van der Waals surface area contributed by atoms with Crippen LogP contribution in [0.15, 0.2) is 17.2 Å². The van der Waals surface area contributed by atoms with E-state index in [1.165, 1.54) is 24.1 Å². The van der Waals surface area contributed by atoms with Gasteiger partial charge in [0.2, 0.25) is 11.7 Å². The van der Waals surface area contributed by atoms with Crippen LogP contribution in [0.5, 0.6) is 5.88 Å². The lowest BCUT2D eigenvalue weighted by atomic mass is 10.0. The number of esters is 1. The van der Waals surface area contributed by atoms with Crippen molar-refractivity contribution < 1.29 is 27.5 Å². The minimum atomic E-state index is -3.50. The van der Waals surface area contributed by atoms with Crippen molar-refractivity contribution in [2.75, 3.05) is 19.5 Å². The van der Waals surface area contributed by atoms with Gasteiger partial charge in [0.05, 0.1) is 29.0 Å². The zero-order valence-corrected chi connectivity index (χ0v) is 17.8. The van der Waals surface area contributed by atoms with Crippen molar-refractivity contribution in [3.63, 3.8) is 0 Å². The molecule has 0 saturated carbocycles. The molecule has 1 heterocycles. The zero-order valence-electron chi connectivity index (χ0n) is 16.2. The Morgan fingerprint density at radius 1 is 1.25 bits per heavy atom. The van der Waals surface area contributed by atoms with E-state index in [4.69, 9.17) is 16.3 Å². The second-order valence-corrected chi connectivity index (χ2v) is 8.69. The van der Waals surface area contributed by atoms with Gasteiger partial charge in [-0.25, -0.2) is 17.9 Å². The number of rotatable bonds is 7. The van der Waals surface area contributed by atoms with Crippen LogP contribution in [0.3, 0.4) is 0 Å². The first kappa shape index (κ1) is 21.9. The second-order valence-electron chi connectivity index (χ2n) is 6.09. The standard InChI is InChI=1S/C18H21ClN2O6S/c1-6-28(24,25)17-10(2)7-12(15(19)11(17)3)16(23)13-8-20-21(4)18(13)27-9-14(22)26-5/h7-8H,6,9H2,1-5H3. The molecule has 0 atom stereocenters. The molecule has 0 unspecified atom stereocenters. The molecule has 1 aromatic carbocycles. The van der Waals surface area contributed by atoms with Gasteiger partial charge in [0.25, 0.3) is 0 Å². The van der Waals surface area contributed by atoms with Crippen LogP contribution in [0.2, 0.25) is 5.02 Å². The third-order valence-corrected chi connectivity index (χ3v) is 6.74. The maximum Gasteiger partial charge on any atom is 0.343 e. The van der Waals surface area contributed by atoms with Crippen molar-refractivity contribution in [2.24, 2.45) is 7.05 Å². The van der Waals surface area contributed by atoms with E-state index in [2.05, 4.69) is 9.84 Å². The molecule has 0 saturated heterocycles. The second kappa shape index (κ2) is 8.32. The summed E-state index contributed by atoms with van der Waals surface area (Å²) >= 11 is 6.36. The number of carbonyl (C=O) groups is 2. The average Bonchev–Trinajstić information content (AvgIpc) is 3.02. The van der Waals surface area contributed by atoms with Gasteiger partial charge in [-0.2, -0.15) is 5.10 Å². The summed E-state index contributed by atoms with van der Waals surface area (Å²) in [6.07, 6.45) is 1.30. The maximum atomic E-state index is 13.1. The largest absolute Gasteiger partial charge is 0.466 e. The molecule has 0 spiro atoms. The summed E-state index contributed by atoms with van der Waals surface area (Å²) in [5.41, 5.74) is 0.960. The SMILES string of the molecule is CCS(=O)(=O)c1c(C)cc(C(=O)c2cnn(C)c2OCC(=O)OC)c(Cl)c1C. The van der Waals surface area contributed by atoms with E-state index in [1.807, 2.05) is 0 Å². The number of methoxy groups -OCH3 is 1. The third-order valence-electron chi connectivity index (χ3n) is 4.24. The summed E-state index contributed by atoms with van der Waals surface area (Å²) in [5.74, 6) is -1.11. The van der Waals surface area contributed by atoms with Crippen LogP contribution in [0.1, 0.15) is 34.0 Å². The molecule has 2 rings (SSSR count). The number of hydrogen-bond acceptors (Lipinski definition) is 7. The number of ether oxygens (including phenoxy) is 2. The molecule has 0 amide bonds. The van der Waals surface area contributed by atoms with E-state index in [-0.39, 0.29) is 32.7 Å². The molecule has 0 N–H and O–H groups in total. The van der Waals surface area contributed by atoms with E-state index < -0.39 is 28.2 Å². The van der Waals surface area contributed by atoms with Crippen molar-refractivity contribution in [1.29, 1.82) is 0 Å². The summed E-state index contributed by atoms with van der Waals surface area (Å²) in [6.45, 7) is 4.32. The fourth-order valence-corrected chi connectivity index (χ4v) is 4.51. The molecule has 28 heavy (non-hydrogen) atoms. The van der Waals surface area contributed by atoms with E-state index in [0.29, 0.717) is 11.1 Å². The molecule has 0 radical (unpaired) electrons. The highest BCUT2D eigenvalue weighted by molar-refractivity contribution is 7.91. The van der Waals surface area contributed by atoms with Gasteiger partial charge in [-0.1, -0.05) is 18.5 Å². The average molecular weight is 429 g/mol. The van der Waals surface area contributed by atoms with Crippen molar-refractivity contribution in [1.82, 2.24) is 9.78 Å². The number of benzene rings is 1. The van der Waals surface area contributed by atoms with Gasteiger partial charge in [-0.15, -0.1) is 0 Å². The number of nitrogens with zero attached hydrogens (tertiary/aromatic N) is 2. The van der Waals surface area contributed by atoms with Crippen molar-refractivity contribution in [2.45, 2.75) is 25.7 Å². The van der Waals surface area contributed by atoms with Crippen molar-refractivity contribution >= 4 is 33.2 Å². The normalized spacial score (nSPS) is 11.4. The molecule has 2 aromatic rings. The monoisotopic (exact) mass is 428 g/mol. The third kappa shape index (κ3) is 4.05. The number of halogens is 1. The molecular weight excluding hydrogens is 408 g/mol. The lowest BCUT2D eigenvalue weighted by molar-refractivity contribution is -0.143. The van der Waals surface area contributed by atoms with Crippen LogP contribution >= 0.6 is 11.6 Å². The number of aryl methyl sites for hydroxylation is 2. The van der Waals surface area contributed by atoms with Crippen molar-refractivity contribution in [3.05, 3.63) is 39.5 Å². The molecule has 10 heteroatoms. The van der Waals surface area contributed by atoms with Gasteiger partial charge < -0.3 is 9.47 Å². The predicted octanol–water partition coefficient (Wildman–Crippen LogP) is 2.27. The van der Waals surface area contributed by atoms with Gasteiger partial charge >= 0.3 is 5.97 Å². The van der Waals surface area contributed by atoms with Gasteiger partial charge in [0.1, 0.15) is 5.56 Å². The molecule has 0 bridgehead atoms. The Bertz CT molecular complexity index is 1040. The summed E-state index contributed by atoms with van der Waals surface area (Å²) in [7, 11) is -0.728. The fraction of sp³-hybridized carbons (Fsp3) is 0.389. The number of aromatic nitrogens is 2. The van der Waals surface area contributed by atoms with Crippen LogP contribution in [-0.4, -0.2) is 49.4 Å². The first-order valence-corrected chi connectivity index (χ1v) is 10.4. The van der Waals surface area contributed by atoms with E-state index >= 15 is 0 Å². The Kier molecular flexibility index (Phi) is 6.51. The number of carbonyl (C=O) groups excluding carboxylic acids is 2. The Labute approximate surface area is 168 Å². The number of hydrogen-bond donors (Lipinski definition) is 0. The molecule has 0 fully saturated rings. The molecule has 0 aliphatic rings. The summed E-state index contributed by atoms with van der Waals surface area (Å²) in [5, 5.41) is 4.04. The maximum absolute atomic E-state index is 13.1. The lowest BCUT2D eigenvalue weighted by Gasteiger charge is -2.15. The Morgan fingerprint density at radius 3 is 2.46 bits per heavy atom. The van der Waals surface area contributed by atoms with Gasteiger partial charge in [-0.05, 0) is 31.0 Å². The summed E-state index contributed by atoms with van der Waals surface area (Å²) in [6, 6.07) is 1.44. The minimum Gasteiger partial charge on any atom is -0.466 e. The Balaban J connectivity index is 2.53. The van der Waals surface area contributed by atoms with Gasteiger partial charge in [0.15, 0.2) is 16.4 Å². The van der Waals surface area contributed by atoms with Crippen LogP contribution < -0.4 is 4.74 Å². The van der Waals surface area contributed by atoms with Crippen molar-refractivity contribution in [3.8, 4) is 5.88 Å². The smallest absolute Gasteiger partial charge is 0.343 e. The van der Waals surface area contributed by atoms with E-state index in [9.17, 15) is 18.0 Å². The first-order valence-electron chi connectivity index (χ1n) is 8.33. The highest BCUT2D eigenvalue weighted by Gasteiger charge is 2.27. The lowest BCUT2D eigenvalue weighted by Crippen LogP contribution is -2.16. The molecule has 0 aliphatic heterocycles. The topological polar surface area (TPSA) is 105 Å². The Morgan fingerprint density at radius 2 is 1.89 bits per heavy atom. The molecular formula is C18H21ClN2O6S. The van der Waals surface area contributed by atoms with Crippen LogP contribution in [0.4, 0.5) is 0 Å². The van der Waals surface area contributed by atoms with Gasteiger partial charge in [0, 0.05) is 12.6 Å². The minimum absolute atomic E-state index is 0.0467. The highest BCUT2D eigenvalue weighted by atomic mass is 35.5. The molecule has 152 valence electrons. The first-order chi connectivity index (χ1) is 13.0. The quantitative estimate of drug-likeness (QED) is 0.492. The van der Waals surface area contributed by atoms with Crippen LogP contribution in [0, 0.1) is 13.8 Å². The van der Waals surface area contributed by atoms with Crippen LogP contribution in [0.25, 0.3) is 0 Å². The van der Waals surface area contributed by atoms with E-state index in [0.717, 1.165) is 0 Å². The van der Waals surface area contributed by atoms with Gasteiger partial charge in [-0.3, -0.25) is 4.79 Å². The van der Waals surface area contributed by atoms with E-state index in [1.54, 1.807) is 27.8 Å². The number of ketones is 1. The number of sulfone groups is 1. The molecule has 1 aromatic heterocycles. The Hall–Kier alpha value is -2.39. The van der Waals surface area contributed by atoms with Crippen LogP contribution in [-0.2, 0) is 26.4 Å². The fourth-order valence-electron chi connectivity index (χ4n) is 2.82. The molecule has 8 nitrogen and oxygen atoms in total. The summed E-state index contributed by atoms with van der Waals surface area (Å²) in [4.78, 5) is 24.5. The zero-order chi connectivity index (χ0) is 21.2. The molecule has 0 aliphatic carbocycles. The highest BCUT2D eigenvalue weighted by Crippen LogP contribution is 2.33. The summed E-state index contributed by atoms with van der Waals surface area (Å²) < 4.78 is 35.9. The predicted molar refractivity (Wildman–Crippen MR) is 103 cm³/mol.